The molecule has 82 valence electrons. The van der Waals surface area contributed by atoms with Crippen LogP contribution in [0.4, 0.5) is 17.6 Å². The molecule has 1 aromatic rings. The van der Waals surface area contributed by atoms with Crippen molar-refractivity contribution in [2.24, 2.45) is 0 Å². The van der Waals surface area contributed by atoms with Gasteiger partial charge in [0.15, 0.2) is 0 Å². The molecule has 1 atom stereocenters. The lowest BCUT2D eigenvalue weighted by atomic mass is 10.0. The zero-order valence-electron chi connectivity index (χ0n) is 7.59. The third-order valence-corrected chi connectivity index (χ3v) is 1.91. The molecule has 0 radical (unpaired) electrons. The SMILES string of the molecule is O=CCC(F)c1ccccc1C(F)(F)F. The molecular formula is C10H8F4O. The lowest BCUT2D eigenvalue weighted by Gasteiger charge is -2.14. The summed E-state index contributed by atoms with van der Waals surface area (Å²) >= 11 is 0. The Bertz CT molecular complexity index is 346. The van der Waals surface area contributed by atoms with Gasteiger partial charge < -0.3 is 4.79 Å². The molecule has 5 heteroatoms. The molecule has 1 rings (SSSR count). The summed E-state index contributed by atoms with van der Waals surface area (Å²) in [6, 6.07) is 4.33. The Morgan fingerprint density at radius 1 is 1.27 bits per heavy atom. The molecule has 0 fully saturated rings. The van der Waals surface area contributed by atoms with E-state index in [-0.39, 0.29) is 6.29 Å². The van der Waals surface area contributed by atoms with Gasteiger partial charge in [-0.3, -0.25) is 0 Å². The highest BCUT2D eigenvalue weighted by atomic mass is 19.4. The van der Waals surface area contributed by atoms with Crippen molar-refractivity contribution < 1.29 is 22.4 Å². The summed E-state index contributed by atoms with van der Waals surface area (Å²) in [7, 11) is 0. The molecule has 0 N–H and O–H groups in total. The fraction of sp³-hybridized carbons (Fsp3) is 0.300. The van der Waals surface area contributed by atoms with E-state index >= 15 is 0 Å². The smallest absolute Gasteiger partial charge is 0.303 e. The van der Waals surface area contributed by atoms with Gasteiger partial charge in [0.05, 0.1) is 5.56 Å². The number of benzene rings is 1. The number of carbonyl (C=O) groups is 1. The molecule has 0 saturated heterocycles. The van der Waals surface area contributed by atoms with Crippen molar-refractivity contribution in [2.45, 2.75) is 18.8 Å². The van der Waals surface area contributed by atoms with Crippen LogP contribution in [-0.4, -0.2) is 6.29 Å². The number of aldehydes is 1. The highest BCUT2D eigenvalue weighted by Gasteiger charge is 2.34. The van der Waals surface area contributed by atoms with E-state index in [1.165, 1.54) is 12.1 Å². The van der Waals surface area contributed by atoms with Crippen LogP contribution in [0.1, 0.15) is 23.7 Å². The number of hydrogen-bond donors (Lipinski definition) is 0. The van der Waals surface area contributed by atoms with Crippen LogP contribution in [-0.2, 0) is 11.0 Å². The van der Waals surface area contributed by atoms with Crippen LogP contribution in [0.3, 0.4) is 0 Å². The summed E-state index contributed by atoms with van der Waals surface area (Å²) in [4.78, 5) is 10.0. The number of halogens is 4. The molecule has 0 heterocycles. The molecule has 0 aromatic heterocycles. The summed E-state index contributed by atoms with van der Waals surface area (Å²) in [5, 5.41) is 0. The first-order valence-corrected chi connectivity index (χ1v) is 4.20. The Morgan fingerprint density at radius 3 is 2.40 bits per heavy atom. The van der Waals surface area contributed by atoms with E-state index in [0.29, 0.717) is 0 Å². The van der Waals surface area contributed by atoms with Gasteiger partial charge in [-0.05, 0) is 11.6 Å². The summed E-state index contributed by atoms with van der Waals surface area (Å²) in [5.41, 5.74) is -1.52. The first-order chi connectivity index (χ1) is 6.96. The number of carbonyl (C=O) groups excluding carboxylic acids is 1. The summed E-state index contributed by atoms with van der Waals surface area (Å²) in [6.07, 6.45) is -6.80. The van der Waals surface area contributed by atoms with E-state index in [4.69, 9.17) is 0 Å². The first kappa shape index (κ1) is 11.7. The minimum absolute atomic E-state index is 0.262. The van der Waals surface area contributed by atoms with Gasteiger partial charge in [-0.1, -0.05) is 18.2 Å². The van der Waals surface area contributed by atoms with Gasteiger partial charge in [0.25, 0.3) is 0 Å². The molecule has 0 bridgehead atoms. The summed E-state index contributed by atoms with van der Waals surface area (Å²) in [6.45, 7) is 0. The van der Waals surface area contributed by atoms with Gasteiger partial charge in [0.1, 0.15) is 12.5 Å². The van der Waals surface area contributed by atoms with Crippen molar-refractivity contribution in [3.63, 3.8) is 0 Å². The Labute approximate surface area is 83.7 Å². The topological polar surface area (TPSA) is 17.1 Å². The highest BCUT2D eigenvalue weighted by Crippen LogP contribution is 2.36. The van der Waals surface area contributed by atoms with Gasteiger partial charge in [0, 0.05) is 6.42 Å². The summed E-state index contributed by atoms with van der Waals surface area (Å²) < 4.78 is 50.4. The Morgan fingerprint density at radius 2 is 1.87 bits per heavy atom. The Balaban J connectivity index is 3.12. The molecule has 1 aromatic carbocycles. The number of alkyl halides is 4. The molecule has 0 amide bonds. The van der Waals surface area contributed by atoms with Crippen molar-refractivity contribution in [2.75, 3.05) is 0 Å². The van der Waals surface area contributed by atoms with Crippen LogP contribution in [0.25, 0.3) is 0 Å². The minimum atomic E-state index is -4.59. The second kappa shape index (κ2) is 4.42. The van der Waals surface area contributed by atoms with E-state index < -0.39 is 29.9 Å². The van der Waals surface area contributed by atoms with Crippen molar-refractivity contribution in [1.29, 1.82) is 0 Å². The maximum absolute atomic E-state index is 13.2. The Hall–Kier alpha value is -1.39. The maximum atomic E-state index is 13.2. The van der Waals surface area contributed by atoms with Crippen molar-refractivity contribution in [3.8, 4) is 0 Å². The fourth-order valence-corrected chi connectivity index (χ4v) is 1.24. The van der Waals surface area contributed by atoms with Gasteiger partial charge >= 0.3 is 6.18 Å². The number of hydrogen-bond acceptors (Lipinski definition) is 1. The molecule has 0 aliphatic carbocycles. The monoisotopic (exact) mass is 220 g/mol. The van der Waals surface area contributed by atoms with Gasteiger partial charge in [0.2, 0.25) is 0 Å². The van der Waals surface area contributed by atoms with E-state index in [9.17, 15) is 22.4 Å². The van der Waals surface area contributed by atoms with Crippen LogP contribution in [0.2, 0.25) is 0 Å². The predicted octanol–water partition coefficient (Wildman–Crippen LogP) is 3.31. The molecule has 0 saturated carbocycles. The van der Waals surface area contributed by atoms with Crippen molar-refractivity contribution in [3.05, 3.63) is 35.4 Å². The average molecular weight is 220 g/mol. The van der Waals surface area contributed by atoms with E-state index in [2.05, 4.69) is 0 Å². The van der Waals surface area contributed by atoms with E-state index in [0.717, 1.165) is 12.1 Å². The predicted molar refractivity (Wildman–Crippen MR) is 46.0 cm³/mol. The average Bonchev–Trinajstić information content (AvgIpc) is 2.17. The van der Waals surface area contributed by atoms with Gasteiger partial charge in [-0.2, -0.15) is 13.2 Å². The van der Waals surface area contributed by atoms with Crippen LogP contribution in [0, 0.1) is 0 Å². The quantitative estimate of drug-likeness (QED) is 0.564. The lowest BCUT2D eigenvalue weighted by molar-refractivity contribution is -0.139. The van der Waals surface area contributed by atoms with Gasteiger partial charge in [-0.25, -0.2) is 4.39 Å². The largest absolute Gasteiger partial charge is 0.416 e. The summed E-state index contributed by atoms with van der Waals surface area (Å²) in [5.74, 6) is 0. The van der Waals surface area contributed by atoms with Crippen molar-refractivity contribution in [1.82, 2.24) is 0 Å². The molecule has 1 unspecified atom stereocenters. The standard InChI is InChI=1S/C10H8F4O/c11-9(5-6-15)7-3-1-2-4-8(7)10(12,13)14/h1-4,6,9H,5H2. The van der Waals surface area contributed by atoms with Crippen LogP contribution >= 0.6 is 0 Å². The third kappa shape index (κ3) is 2.78. The second-order valence-electron chi connectivity index (χ2n) is 2.95. The minimum Gasteiger partial charge on any atom is -0.303 e. The fourth-order valence-electron chi connectivity index (χ4n) is 1.24. The van der Waals surface area contributed by atoms with Crippen LogP contribution in [0.5, 0.6) is 0 Å². The van der Waals surface area contributed by atoms with Crippen molar-refractivity contribution >= 4 is 6.29 Å². The molecule has 0 aliphatic rings. The lowest BCUT2D eigenvalue weighted by Crippen LogP contribution is -2.10. The third-order valence-electron chi connectivity index (χ3n) is 1.91. The van der Waals surface area contributed by atoms with Crippen LogP contribution < -0.4 is 0 Å². The van der Waals surface area contributed by atoms with E-state index in [1.807, 2.05) is 0 Å². The normalized spacial score (nSPS) is 13.6. The second-order valence-corrected chi connectivity index (χ2v) is 2.95. The molecule has 15 heavy (non-hydrogen) atoms. The molecule has 0 aliphatic heterocycles. The maximum Gasteiger partial charge on any atom is 0.416 e. The number of rotatable bonds is 3. The van der Waals surface area contributed by atoms with E-state index in [1.54, 1.807) is 0 Å². The zero-order valence-corrected chi connectivity index (χ0v) is 7.59. The van der Waals surface area contributed by atoms with Gasteiger partial charge in [-0.15, -0.1) is 0 Å². The first-order valence-electron chi connectivity index (χ1n) is 4.20. The zero-order chi connectivity index (χ0) is 11.5. The molecule has 0 spiro atoms. The Kier molecular flexibility index (Phi) is 3.44. The van der Waals surface area contributed by atoms with Crippen LogP contribution in [0.15, 0.2) is 24.3 Å². The molecule has 1 nitrogen and oxygen atoms in total. The highest BCUT2D eigenvalue weighted by molar-refractivity contribution is 5.51. The molecular weight excluding hydrogens is 212 g/mol.